The summed E-state index contributed by atoms with van der Waals surface area (Å²) in [4.78, 5) is 25.1. The molecule has 0 spiro atoms. The first kappa shape index (κ1) is 20.8. The third-order valence-corrected chi connectivity index (χ3v) is 5.84. The summed E-state index contributed by atoms with van der Waals surface area (Å²) in [5.41, 5.74) is 2.28. The van der Waals surface area contributed by atoms with Crippen LogP contribution in [0.1, 0.15) is 29.0 Å². The molecule has 33 heavy (non-hydrogen) atoms. The molecule has 0 N–H and O–H groups in total. The van der Waals surface area contributed by atoms with Crippen molar-refractivity contribution in [3.8, 4) is 17.2 Å². The van der Waals surface area contributed by atoms with E-state index in [4.69, 9.17) is 18.6 Å². The summed E-state index contributed by atoms with van der Waals surface area (Å²) in [6, 6.07) is 22.4. The van der Waals surface area contributed by atoms with E-state index in [1.807, 2.05) is 54.6 Å². The lowest BCUT2D eigenvalue weighted by Crippen LogP contribution is -2.26. The largest absolute Gasteiger partial charge is 0.497 e. The lowest BCUT2D eigenvalue weighted by molar-refractivity contribution is -0.135. The molecule has 1 aromatic heterocycles. The molecule has 0 saturated carbocycles. The van der Waals surface area contributed by atoms with Gasteiger partial charge >= 0.3 is 11.6 Å². The highest BCUT2D eigenvalue weighted by atomic mass is 16.5. The van der Waals surface area contributed by atoms with Crippen LogP contribution in [0.15, 0.2) is 82.0 Å². The predicted molar refractivity (Wildman–Crippen MR) is 123 cm³/mol. The minimum atomic E-state index is -0.485. The fraction of sp³-hybridized carbons (Fsp3) is 0.185. The van der Waals surface area contributed by atoms with Crippen LogP contribution >= 0.6 is 0 Å². The van der Waals surface area contributed by atoms with Gasteiger partial charge in [-0.25, -0.2) is 4.79 Å². The van der Waals surface area contributed by atoms with Gasteiger partial charge in [0.05, 0.1) is 31.1 Å². The Kier molecular flexibility index (Phi) is 5.57. The fourth-order valence-corrected chi connectivity index (χ4v) is 4.13. The van der Waals surface area contributed by atoms with Gasteiger partial charge in [-0.3, -0.25) is 4.79 Å². The minimum Gasteiger partial charge on any atom is -0.497 e. The molecule has 1 unspecified atom stereocenters. The number of hydrogen-bond donors (Lipinski definition) is 0. The molecule has 0 bridgehead atoms. The van der Waals surface area contributed by atoms with Crippen LogP contribution in [0.25, 0.3) is 11.0 Å². The first-order valence-corrected chi connectivity index (χ1v) is 10.7. The predicted octanol–water partition coefficient (Wildman–Crippen LogP) is 4.86. The van der Waals surface area contributed by atoms with Gasteiger partial charge in [-0.2, -0.15) is 0 Å². The van der Waals surface area contributed by atoms with Crippen molar-refractivity contribution in [2.24, 2.45) is 0 Å². The normalized spacial score (nSPS) is 15.1. The van der Waals surface area contributed by atoms with Crippen molar-refractivity contribution in [1.29, 1.82) is 0 Å². The number of esters is 1. The SMILES string of the molecule is COc1ccc(CCOc2ccc(C3CC(=O)Oc4c3c(=O)oc3ccccc43)cc2)cc1. The Morgan fingerprint density at radius 1 is 0.909 bits per heavy atom. The number of benzene rings is 3. The Hall–Kier alpha value is -4.06. The van der Waals surface area contributed by atoms with Crippen molar-refractivity contribution >= 4 is 16.9 Å². The van der Waals surface area contributed by atoms with E-state index in [2.05, 4.69) is 0 Å². The van der Waals surface area contributed by atoms with Crippen LogP contribution in [-0.4, -0.2) is 19.7 Å². The first-order chi connectivity index (χ1) is 16.1. The Morgan fingerprint density at radius 2 is 1.64 bits per heavy atom. The Balaban J connectivity index is 1.35. The molecule has 2 heterocycles. The van der Waals surface area contributed by atoms with E-state index in [-0.39, 0.29) is 12.4 Å². The molecule has 6 nitrogen and oxygen atoms in total. The third-order valence-electron chi connectivity index (χ3n) is 5.84. The second-order valence-electron chi connectivity index (χ2n) is 7.87. The summed E-state index contributed by atoms with van der Waals surface area (Å²) >= 11 is 0. The van der Waals surface area contributed by atoms with E-state index in [9.17, 15) is 9.59 Å². The molecule has 1 aliphatic heterocycles. The molecular weight excluding hydrogens is 420 g/mol. The zero-order valence-electron chi connectivity index (χ0n) is 18.1. The summed E-state index contributed by atoms with van der Waals surface area (Å²) in [5.74, 6) is 1.03. The highest BCUT2D eigenvalue weighted by Crippen LogP contribution is 2.40. The highest BCUT2D eigenvalue weighted by molar-refractivity contribution is 5.90. The second kappa shape index (κ2) is 8.82. The van der Waals surface area contributed by atoms with Crippen molar-refractivity contribution in [3.63, 3.8) is 0 Å². The van der Waals surface area contributed by atoms with Crippen molar-refractivity contribution < 1.29 is 23.4 Å². The van der Waals surface area contributed by atoms with E-state index >= 15 is 0 Å². The van der Waals surface area contributed by atoms with E-state index in [1.165, 1.54) is 0 Å². The van der Waals surface area contributed by atoms with Gasteiger partial charge in [0, 0.05) is 12.3 Å². The maximum atomic E-state index is 12.8. The zero-order valence-corrected chi connectivity index (χ0v) is 18.1. The lowest BCUT2D eigenvalue weighted by Gasteiger charge is -2.24. The van der Waals surface area contributed by atoms with Crippen molar-refractivity contribution in [2.75, 3.05) is 13.7 Å². The van der Waals surface area contributed by atoms with Gasteiger partial charge < -0.3 is 18.6 Å². The number of carbonyl (C=O) groups excluding carboxylic acids is 1. The van der Waals surface area contributed by atoms with Crippen LogP contribution < -0.4 is 19.8 Å². The summed E-state index contributed by atoms with van der Waals surface area (Å²) in [6.45, 7) is 0.528. The number of methoxy groups -OCH3 is 1. The molecule has 6 heteroatoms. The molecule has 0 saturated heterocycles. The molecule has 5 rings (SSSR count). The van der Waals surface area contributed by atoms with Crippen molar-refractivity contribution in [3.05, 3.63) is 99.9 Å². The summed E-state index contributed by atoms with van der Waals surface area (Å²) in [7, 11) is 1.64. The molecule has 0 radical (unpaired) electrons. The topological polar surface area (TPSA) is 75.0 Å². The monoisotopic (exact) mass is 442 g/mol. The first-order valence-electron chi connectivity index (χ1n) is 10.7. The maximum Gasteiger partial charge on any atom is 0.343 e. The van der Waals surface area contributed by atoms with Gasteiger partial charge in [0.25, 0.3) is 0 Å². The second-order valence-corrected chi connectivity index (χ2v) is 7.87. The van der Waals surface area contributed by atoms with E-state index in [0.717, 1.165) is 29.0 Å². The van der Waals surface area contributed by atoms with E-state index < -0.39 is 11.5 Å². The average Bonchev–Trinajstić information content (AvgIpc) is 2.84. The molecule has 3 aromatic carbocycles. The molecule has 0 aliphatic carbocycles. The van der Waals surface area contributed by atoms with Gasteiger partial charge in [0.1, 0.15) is 17.1 Å². The molecule has 1 atom stereocenters. The Bertz CT molecular complexity index is 1350. The van der Waals surface area contributed by atoms with Gasteiger partial charge in [-0.15, -0.1) is 0 Å². The molecule has 1 aliphatic rings. The number of carbonyl (C=O) groups is 1. The van der Waals surface area contributed by atoms with E-state index in [1.54, 1.807) is 25.3 Å². The molecule has 0 fully saturated rings. The molecule has 166 valence electrons. The summed E-state index contributed by atoms with van der Waals surface area (Å²) in [6.07, 6.45) is 0.843. The fourth-order valence-electron chi connectivity index (χ4n) is 4.13. The van der Waals surface area contributed by atoms with Crippen LogP contribution in [0.2, 0.25) is 0 Å². The van der Waals surface area contributed by atoms with Crippen molar-refractivity contribution in [1.82, 2.24) is 0 Å². The third kappa shape index (κ3) is 4.20. The van der Waals surface area contributed by atoms with Crippen molar-refractivity contribution in [2.45, 2.75) is 18.8 Å². The molecule has 0 amide bonds. The van der Waals surface area contributed by atoms with Gasteiger partial charge in [-0.05, 0) is 47.5 Å². The number of rotatable bonds is 6. The lowest BCUT2D eigenvalue weighted by atomic mass is 9.86. The zero-order chi connectivity index (χ0) is 22.8. The van der Waals surface area contributed by atoms with E-state index in [0.29, 0.717) is 28.9 Å². The number of para-hydroxylation sites is 1. The van der Waals surface area contributed by atoms with Crippen LogP contribution in [-0.2, 0) is 11.2 Å². The van der Waals surface area contributed by atoms with Crippen LogP contribution in [0.3, 0.4) is 0 Å². The molecular formula is C27H22O6. The smallest absolute Gasteiger partial charge is 0.343 e. The number of fused-ring (bicyclic) bond motifs is 3. The van der Waals surface area contributed by atoms with Crippen LogP contribution in [0, 0.1) is 0 Å². The van der Waals surface area contributed by atoms with Crippen LogP contribution in [0.5, 0.6) is 17.2 Å². The maximum absolute atomic E-state index is 12.8. The summed E-state index contributed by atoms with van der Waals surface area (Å²) < 4.78 is 22.0. The molecule has 4 aromatic rings. The highest BCUT2D eigenvalue weighted by Gasteiger charge is 2.33. The summed E-state index contributed by atoms with van der Waals surface area (Å²) in [5, 5.41) is 0.614. The van der Waals surface area contributed by atoms with Gasteiger partial charge in [0.15, 0.2) is 5.75 Å². The number of ether oxygens (including phenoxy) is 3. The van der Waals surface area contributed by atoms with Gasteiger partial charge in [-0.1, -0.05) is 36.4 Å². The Labute approximate surface area is 190 Å². The standard InChI is InChI=1S/C27H22O6/c1-30-19-10-6-17(7-11-19)14-15-31-20-12-8-18(9-13-20)22-16-24(28)33-26-21-4-2-3-5-23(21)32-27(29)25(22)26/h2-13,22H,14-16H2,1H3. The average molecular weight is 442 g/mol. The Morgan fingerprint density at radius 3 is 2.39 bits per heavy atom. The van der Waals surface area contributed by atoms with Gasteiger partial charge in [0.2, 0.25) is 0 Å². The minimum absolute atomic E-state index is 0.0772. The van der Waals surface area contributed by atoms with Crippen LogP contribution in [0.4, 0.5) is 0 Å². The number of hydrogen-bond acceptors (Lipinski definition) is 6. The quantitative estimate of drug-likeness (QED) is 0.313.